The molecule has 0 radical (unpaired) electrons. The Kier molecular flexibility index (Phi) is 4.53. The van der Waals surface area contributed by atoms with Crippen molar-refractivity contribution in [3.05, 3.63) is 70.7 Å². The summed E-state index contributed by atoms with van der Waals surface area (Å²) in [6, 6.07) is 14.7. The maximum Gasteiger partial charge on any atom is 0.323 e. The van der Waals surface area contributed by atoms with Gasteiger partial charge in [0.2, 0.25) is 5.91 Å². The number of benzene rings is 2. The number of amides is 1. The fourth-order valence-electron chi connectivity index (χ4n) is 2.16. The van der Waals surface area contributed by atoms with Gasteiger partial charge in [0.05, 0.1) is 11.0 Å². The van der Waals surface area contributed by atoms with Crippen LogP contribution in [0.1, 0.15) is 5.56 Å². The summed E-state index contributed by atoms with van der Waals surface area (Å²) in [6.45, 7) is 0. The number of carbonyl (C=O) groups is 1. The molecule has 1 amide bonds. The Hall–Kier alpha value is -3.19. The Morgan fingerprint density at radius 1 is 1.04 bits per heavy atom. The number of imidazole rings is 1. The van der Waals surface area contributed by atoms with Crippen molar-refractivity contribution in [2.45, 2.75) is 0 Å². The van der Waals surface area contributed by atoms with E-state index < -0.39 is 0 Å². The molecule has 120 valence electrons. The van der Waals surface area contributed by atoms with Gasteiger partial charge in [0.1, 0.15) is 0 Å². The first-order valence-corrected chi connectivity index (χ1v) is 7.58. The van der Waals surface area contributed by atoms with E-state index in [2.05, 4.69) is 20.6 Å². The van der Waals surface area contributed by atoms with Crippen LogP contribution in [0.4, 0.5) is 5.69 Å². The molecule has 2 aromatic carbocycles. The zero-order valence-electron chi connectivity index (χ0n) is 12.5. The zero-order chi connectivity index (χ0) is 16.9. The van der Waals surface area contributed by atoms with Crippen molar-refractivity contribution >= 4 is 46.0 Å². The van der Waals surface area contributed by atoms with Crippen LogP contribution in [0.3, 0.4) is 0 Å². The van der Waals surface area contributed by atoms with Crippen molar-refractivity contribution in [3.8, 4) is 0 Å². The first-order chi connectivity index (χ1) is 11.6. The first-order valence-electron chi connectivity index (χ1n) is 7.17. The highest BCUT2D eigenvalue weighted by atomic mass is 32.1. The molecule has 24 heavy (non-hydrogen) atoms. The number of H-pyrrole nitrogens is 2. The quantitative estimate of drug-likeness (QED) is 0.436. The number of thiocarbonyl (C=S) groups is 1. The number of aromatic amines is 2. The highest BCUT2D eigenvalue weighted by Gasteiger charge is 2.04. The Morgan fingerprint density at radius 3 is 2.58 bits per heavy atom. The summed E-state index contributed by atoms with van der Waals surface area (Å²) >= 11 is 5.11. The molecule has 0 fully saturated rings. The van der Waals surface area contributed by atoms with Gasteiger partial charge in [-0.3, -0.25) is 10.1 Å². The minimum Gasteiger partial charge on any atom is -0.332 e. The lowest BCUT2D eigenvalue weighted by molar-refractivity contribution is -0.115. The third-order valence-corrected chi connectivity index (χ3v) is 3.44. The Bertz CT molecular complexity index is 973. The lowest BCUT2D eigenvalue weighted by Gasteiger charge is -2.08. The molecule has 0 bridgehead atoms. The third-order valence-electron chi connectivity index (χ3n) is 3.24. The molecule has 1 heterocycles. The van der Waals surface area contributed by atoms with Crippen LogP contribution in [0.15, 0.2) is 59.4 Å². The standard InChI is InChI=1S/C17H14N4O2S/c22-15(9-6-11-4-2-1-3-5-11)21-17(24)18-12-7-8-13-14(10-12)20-16(23)19-13/h1-10H,(H2,19,20,23)(H2,18,21,22,24)/b9-6+. The van der Waals surface area contributed by atoms with Crippen LogP contribution < -0.4 is 16.3 Å². The van der Waals surface area contributed by atoms with Crippen molar-refractivity contribution < 1.29 is 4.79 Å². The fraction of sp³-hybridized carbons (Fsp3) is 0. The minimum atomic E-state index is -0.326. The molecule has 3 rings (SSSR count). The normalized spacial score (nSPS) is 10.8. The Balaban J connectivity index is 1.60. The predicted octanol–water partition coefficient (Wildman–Crippen LogP) is 2.38. The van der Waals surface area contributed by atoms with Crippen LogP contribution in [0.2, 0.25) is 0 Å². The number of fused-ring (bicyclic) bond motifs is 1. The predicted molar refractivity (Wildman–Crippen MR) is 98.8 cm³/mol. The smallest absolute Gasteiger partial charge is 0.323 e. The van der Waals surface area contributed by atoms with E-state index in [9.17, 15) is 9.59 Å². The van der Waals surface area contributed by atoms with Gasteiger partial charge in [-0.15, -0.1) is 0 Å². The largest absolute Gasteiger partial charge is 0.332 e. The van der Waals surface area contributed by atoms with E-state index in [1.807, 2.05) is 30.3 Å². The van der Waals surface area contributed by atoms with Crippen LogP contribution >= 0.6 is 12.2 Å². The number of aromatic nitrogens is 2. The topological polar surface area (TPSA) is 89.8 Å². The number of nitrogens with one attached hydrogen (secondary N) is 4. The van der Waals surface area contributed by atoms with Gasteiger partial charge in [0.25, 0.3) is 0 Å². The average molecular weight is 338 g/mol. The van der Waals surface area contributed by atoms with E-state index in [0.717, 1.165) is 5.56 Å². The van der Waals surface area contributed by atoms with E-state index in [1.165, 1.54) is 6.08 Å². The van der Waals surface area contributed by atoms with Gasteiger partial charge < -0.3 is 15.3 Å². The molecule has 7 heteroatoms. The SMILES string of the molecule is O=C(/C=C/c1ccccc1)NC(=S)Nc1ccc2[nH]c(=O)[nH]c2c1. The van der Waals surface area contributed by atoms with Gasteiger partial charge in [0, 0.05) is 11.8 Å². The molecule has 0 aliphatic heterocycles. The maximum absolute atomic E-state index is 11.9. The summed E-state index contributed by atoms with van der Waals surface area (Å²) in [5, 5.41) is 5.64. The molecule has 6 nitrogen and oxygen atoms in total. The van der Waals surface area contributed by atoms with Crippen LogP contribution in [-0.4, -0.2) is 21.0 Å². The van der Waals surface area contributed by atoms with Gasteiger partial charge in [-0.1, -0.05) is 30.3 Å². The van der Waals surface area contributed by atoms with Gasteiger partial charge >= 0.3 is 5.69 Å². The fourth-order valence-corrected chi connectivity index (χ4v) is 2.38. The molecular weight excluding hydrogens is 324 g/mol. The molecule has 0 spiro atoms. The molecular formula is C17H14N4O2S. The van der Waals surface area contributed by atoms with Gasteiger partial charge in [0.15, 0.2) is 5.11 Å². The highest BCUT2D eigenvalue weighted by molar-refractivity contribution is 7.80. The van der Waals surface area contributed by atoms with Crippen molar-refractivity contribution in [2.75, 3.05) is 5.32 Å². The molecule has 1 aromatic heterocycles. The van der Waals surface area contributed by atoms with Crippen molar-refractivity contribution in [3.63, 3.8) is 0 Å². The molecule has 0 aliphatic carbocycles. The maximum atomic E-state index is 11.9. The van der Waals surface area contributed by atoms with E-state index in [1.54, 1.807) is 24.3 Å². The van der Waals surface area contributed by atoms with Crippen molar-refractivity contribution in [1.82, 2.24) is 15.3 Å². The van der Waals surface area contributed by atoms with E-state index in [-0.39, 0.29) is 16.7 Å². The third kappa shape index (κ3) is 3.96. The van der Waals surface area contributed by atoms with E-state index in [4.69, 9.17) is 12.2 Å². The van der Waals surface area contributed by atoms with Gasteiger partial charge in [-0.25, -0.2) is 4.79 Å². The van der Waals surface area contributed by atoms with E-state index >= 15 is 0 Å². The summed E-state index contributed by atoms with van der Waals surface area (Å²) in [4.78, 5) is 28.4. The van der Waals surface area contributed by atoms with Crippen LogP contribution in [-0.2, 0) is 4.79 Å². The summed E-state index contributed by atoms with van der Waals surface area (Å²) in [7, 11) is 0. The number of hydrogen-bond acceptors (Lipinski definition) is 3. The van der Waals surface area contributed by atoms with Gasteiger partial charge in [-0.2, -0.15) is 0 Å². The molecule has 0 atom stereocenters. The van der Waals surface area contributed by atoms with Crippen LogP contribution in [0.25, 0.3) is 17.1 Å². The summed E-state index contributed by atoms with van der Waals surface area (Å²) in [5.41, 5.74) is 2.67. The van der Waals surface area contributed by atoms with Crippen LogP contribution in [0, 0.1) is 0 Å². The monoisotopic (exact) mass is 338 g/mol. The highest BCUT2D eigenvalue weighted by Crippen LogP contribution is 2.14. The second kappa shape index (κ2) is 6.93. The number of carbonyl (C=O) groups excluding carboxylic acids is 1. The lowest BCUT2D eigenvalue weighted by Crippen LogP contribution is -2.32. The zero-order valence-corrected chi connectivity index (χ0v) is 13.3. The molecule has 3 aromatic rings. The summed E-state index contributed by atoms with van der Waals surface area (Å²) in [5.74, 6) is -0.326. The summed E-state index contributed by atoms with van der Waals surface area (Å²) < 4.78 is 0. The number of rotatable bonds is 3. The second-order valence-corrected chi connectivity index (χ2v) is 5.44. The van der Waals surface area contributed by atoms with Crippen molar-refractivity contribution in [1.29, 1.82) is 0 Å². The van der Waals surface area contributed by atoms with Crippen molar-refractivity contribution in [2.24, 2.45) is 0 Å². The lowest BCUT2D eigenvalue weighted by atomic mass is 10.2. The van der Waals surface area contributed by atoms with Crippen LogP contribution in [0.5, 0.6) is 0 Å². The number of anilines is 1. The molecule has 0 aliphatic rings. The Labute approximate surface area is 142 Å². The Morgan fingerprint density at radius 2 is 1.79 bits per heavy atom. The average Bonchev–Trinajstić information content (AvgIpc) is 2.93. The minimum absolute atomic E-state index is 0.176. The van der Waals surface area contributed by atoms with E-state index in [0.29, 0.717) is 16.7 Å². The first kappa shape index (κ1) is 15.7. The molecule has 0 saturated heterocycles. The number of hydrogen-bond donors (Lipinski definition) is 4. The second-order valence-electron chi connectivity index (χ2n) is 5.03. The molecule has 0 unspecified atom stereocenters. The molecule has 0 saturated carbocycles. The van der Waals surface area contributed by atoms with Gasteiger partial charge in [-0.05, 0) is 42.1 Å². The summed E-state index contributed by atoms with van der Waals surface area (Å²) in [6.07, 6.45) is 3.12. The molecule has 4 N–H and O–H groups in total.